The van der Waals surface area contributed by atoms with E-state index in [1.165, 1.54) is 18.2 Å². The van der Waals surface area contributed by atoms with Gasteiger partial charge in [0, 0.05) is 29.5 Å². The van der Waals surface area contributed by atoms with Gasteiger partial charge >= 0.3 is 0 Å². The average Bonchev–Trinajstić information content (AvgIpc) is 2.85. The second-order valence-corrected chi connectivity index (χ2v) is 4.34. The molecule has 0 aliphatic rings. The quantitative estimate of drug-likeness (QED) is 0.660. The number of carbonyl (C=O) groups is 1. The van der Waals surface area contributed by atoms with Crippen LogP contribution in [0.3, 0.4) is 0 Å². The summed E-state index contributed by atoms with van der Waals surface area (Å²) in [7, 11) is 0. The Morgan fingerprint density at radius 2 is 2.20 bits per heavy atom. The number of non-ortho nitro benzene ring substituents is 1. The summed E-state index contributed by atoms with van der Waals surface area (Å²) in [5, 5.41) is 20.1. The van der Waals surface area contributed by atoms with Gasteiger partial charge < -0.3 is 5.32 Å². The Hall–Kier alpha value is -2.70. The zero-order chi connectivity index (χ0) is 14.7. The molecular formula is C13H14N4O3. The lowest BCUT2D eigenvalue weighted by Gasteiger charge is -2.05. The van der Waals surface area contributed by atoms with Gasteiger partial charge in [0.2, 0.25) is 0 Å². The molecule has 1 heterocycles. The smallest absolute Gasteiger partial charge is 0.269 e. The predicted molar refractivity (Wildman–Crippen MR) is 73.8 cm³/mol. The molecule has 0 aliphatic heterocycles. The molecule has 0 fully saturated rings. The second kappa shape index (κ2) is 5.52. The molecule has 7 heteroatoms. The van der Waals surface area contributed by atoms with E-state index >= 15 is 0 Å². The molecule has 104 valence electrons. The highest BCUT2D eigenvalue weighted by atomic mass is 16.6. The van der Waals surface area contributed by atoms with Crippen molar-refractivity contribution in [3.63, 3.8) is 0 Å². The van der Waals surface area contributed by atoms with Gasteiger partial charge in [-0.25, -0.2) is 0 Å². The molecule has 0 spiro atoms. The van der Waals surface area contributed by atoms with Gasteiger partial charge in [-0.15, -0.1) is 0 Å². The van der Waals surface area contributed by atoms with Gasteiger partial charge in [0.25, 0.3) is 11.6 Å². The van der Waals surface area contributed by atoms with Crippen molar-refractivity contribution in [2.24, 2.45) is 0 Å². The zero-order valence-electron chi connectivity index (χ0n) is 11.1. The SMILES string of the molecule is CCc1cc(NC(=O)c2ccc([N+](=O)[O-])cc2C)n[nH]1. The fourth-order valence-electron chi connectivity index (χ4n) is 1.81. The molecule has 0 bridgehead atoms. The highest BCUT2D eigenvalue weighted by molar-refractivity contribution is 6.04. The Labute approximate surface area is 115 Å². The van der Waals surface area contributed by atoms with E-state index in [9.17, 15) is 14.9 Å². The number of amides is 1. The number of nitro groups is 1. The summed E-state index contributed by atoms with van der Waals surface area (Å²) >= 11 is 0. The number of hydrogen-bond donors (Lipinski definition) is 2. The lowest BCUT2D eigenvalue weighted by atomic mass is 10.1. The predicted octanol–water partition coefficient (Wildman–Crippen LogP) is 2.44. The molecular weight excluding hydrogens is 260 g/mol. The number of rotatable bonds is 4. The van der Waals surface area contributed by atoms with E-state index in [1.807, 2.05) is 6.92 Å². The highest BCUT2D eigenvalue weighted by Gasteiger charge is 2.14. The number of aromatic amines is 1. The summed E-state index contributed by atoms with van der Waals surface area (Å²) in [6.45, 7) is 3.63. The van der Waals surface area contributed by atoms with Crippen molar-refractivity contribution in [3.8, 4) is 0 Å². The number of hydrogen-bond acceptors (Lipinski definition) is 4. The van der Waals surface area contributed by atoms with E-state index in [4.69, 9.17) is 0 Å². The van der Waals surface area contributed by atoms with E-state index in [1.54, 1.807) is 13.0 Å². The molecule has 2 aromatic rings. The second-order valence-electron chi connectivity index (χ2n) is 4.34. The topological polar surface area (TPSA) is 101 Å². The molecule has 7 nitrogen and oxygen atoms in total. The number of aryl methyl sites for hydroxylation is 2. The Balaban J connectivity index is 2.18. The Morgan fingerprint density at radius 1 is 1.45 bits per heavy atom. The third-order valence-electron chi connectivity index (χ3n) is 2.92. The molecule has 20 heavy (non-hydrogen) atoms. The molecule has 1 aromatic carbocycles. The van der Waals surface area contributed by atoms with Crippen LogP contribution in [0.5, 0.6) is 0 Å². The molecule has 0 saturated carbocycles. The fraction of sp³-hybridized carbons (Fsp3) is 0.231. The van der Waals surface area contributed by atoms with Gasteiger partial charge in [-0.3, -0.25) is 20.0 Å². The first-order chi connectivity index (χ1) is 9.51. The van der Waals surface area contributed by atoms with Gasteiger partial charge in [0.05, 0.1) is 4.92 Å². The summed E-state index contributed by atoms with van der Waals surface area (Å²) in [6.07, 6.45) is 0.791. The van der Waals surface area contributed by atoms with Crippen LogP contribution in [0.1, 0.15) is 28.5 Å². The maximum absolute atomic E-state index is 12.1. The standard InChI is InChI=1S/C13H14N4O3/c1-3-9-7-12(16-15-9)14-13(18)11-5-4-10(17(19)20)6-8(11)2/h4-7H,3H2,1-2H3,(H2,14,15,16,18). The Bertz CT molecular complexity index is 663. The normalized spacial score (nSPS) is 10.3. The first-order valence-electron chi connectivity index (χ1n) is 6.12. The molecule has 0 radical (unpaired) electrons. The average molecular weight is 274 g/mol. The number of aromatic nitrogens is 2. The summed E-state index contributed by atoms with van der Waals surface area (Å²) in [6, 6.07) is 5.87. The largest absolute Gasteiger partial charge is 0.305 e. The number of carbonyl (C=O) groups excluding carboxylic acids is 1. The van der Waals surface area contributed by atoms with Crippen LogP contribution in [0, 0.1) is 17.0 Å². The molecule has 0 atom stereocenters. The minimum Gasteiger partial charge on any atom is -0.305 e. The summed E-state index contributed by atoms with van der Waals surface area (Å²) < 4.78 is 0. The zero-order valence-corrected chi connectivity index (χ0v) is 11.1. The number of benzene rings is 1. The van der Waals surface area contributed by atoms with Crippen molar-refractivity contribution < 1.29 is 9.72 Å². The van der Waals surface area contributed by atoms with E-state index in [0.717, 1.165) is 12.1 Å². The van der Waals surface area contributed by atoms with E-state index in [2.05, 4.69) is 15.5 Å². The summed E-state index contributed by atoms with van der Waals surface area (Å²) in [5.41, 5.74) is 1.81. The van der Waals surface area contributed by atoms with Crippen LogP contribution in [0.2, 0.25) is 0 Å². The lowest BCUT2D eigenvalue weighted by Crippen LogP contribution is -2.13. The van der Waals surface area contributed by atoms with Crippen molar-refractivity contribution in [1.82, 2.24) is 10.2 Å². The summed E-state index contributed by atoms with van der Waals surface area (Å²) in [4.78, 5) is 22.2. The Kier molecular flexibility index (Phi) is 3.79. The van der Waals surface area contributed by atoms with Crippen LogP contribution in [0.4, 0.5) is 11.5 Å². The Morgan fingerprint density at radius 3 is 2.75 bits per heavy atom. The van der Waals surface area contributed by atoms with Gasteiger partial charge in [-0.05, 0) is 25.0 Å². The molecule has 1 aromatic heterocycles. The van der Waals surface area contributed by atoms with Gasteiger partial charge in [0.1, 0.15) is 0 Å². The molecule has 0 saturated heterocycles. The number of H-pyrrole nitrogens is 1. The van der Waals surface area contributed by atoms with Crippen LogP contribution < -0.4 is 5.32 Å². The fourth-order valence-corrected chi connectivity index (χ4v) is 1.81. The van der Waals surface area contributed by atoms with Crippen LogP contribution in [-0.2, 0) is 6.42 Å². The van der Waals surface area contributed by atoms with Crippen molar-refractivity contribution in [2.45, 2.75) is 20.3 Å². The maximum atomic E-state index is 12.1. The van der Waals surface area contributed by atoms with Crippen LogP contribution in [-0.4, -0.2) is 21.0 Å². The molecule has 2 N–H and O–H groups in total. The highest BCUT2D eigenvalue weighted by Crippen LogP contribution is 2.18. The molecule has 0 aliphatic carbocycles. The van der Waals surface area contributed by atoms with Gasteiger partial charge in [-0.2, -0.15) is 5.10 Å². The minimum absolute atomic E-state index is 0.0351. The first kappa shape index (κ1) is 13.7. The first-order valence-corrected chi connectivity index (χ1v) is 6.12. The third-order valence-corrected chi connectivity index (χ3v) is 2.92. The number of nitro benzene ring substituents is 1. The minimum atomic E-state index is -0.490. The maximum Gasteiger partial charge on any atom is 0.269 e. The van der Waals surface area contributed by atoms with E-state index < -0.39 is 4.92 Å². The molecule has 2 rings (SSSR count). The summed E-state index contributed by atoms with van der Waals surface area (Å²) in [5.74, 6) is 0.0937. The number of nitrogens with one attached hydrogen (secondary N) is 2. The van der Waals surface area contributed by atoms with Crippen molar-refractivity contribution in [3.05, 3.63) is 51.2 Å². The van der Waals surface area contributed by atoms with Crippen LogP contribution in [0.25, 0.3) is 0 Å². The monoisotopic (exact) mass is 274 g/mol. The van der Waals surface area contributed by atoms with Crippen molar-refractivity contribution >= 4 is 17.4 Å². The van der Waals surface area contributed by atoms with Crippen molar-refractivity contribution in [1.29, 1.82) is 0 Å². The molecule has 0 unspecified atom stereocenters. The van der Waals surface area contributed by atoms with E-state index in [0.29, 0.717) is 16.9 Å². The number of anilines is 1. The van der Waals surface area contributed by atoms with Crippen LogP contribution in [0.15, 0.2) is 24.3 Å². The van der Waals surface area contributed by atoms with Crippen LogP contribution >= 0.6 is 0 Å². The molecule has 1 amide bonds. The number of nitrogens with zero attached hydrogens (tertiary/aromatic N) is 2. The van der Waals surface area contributed by atoms with Gasteiger partial charge in [0.15, 0.2) is 5.82 Å². The van der Waals surface area contributed by atoms with Gasteiger partial charge in [-0.1, -0.05) is 6.92 Å². The van der Waals surface area contributed by atoms with Crippen molar-refractivity contribution in [2.75, 3.05) is 5.32 Å². The lowest BCUT2D eigenvalue weighted by molar-refractivity contribution is -0.384. The third kappa shape index (κ3) is 2.82. The van der Waals surface area contributed by atoms with E-state index in [-0.39, 0.29) is 11.6 Å².